The van der Waals surface area contributed by atoms with Crippen molar-refractivity contribution in [2.45, 2.75) is 39.0 Å². The monoisotopic (exact) mass is 349 g/mol. The van der Waals surface area contributed by atoms with E-state index in [2.05, 4.69) is 48.4 Å². The number of aryl methyl sites for hydroxylation is 1. The van der Waals surface area contributed by atoms with E-state index in [1.54, 1.807) is 0 Å². The lowest BCUT2D eigenvalue weighted by Gasteiger charge is -2.32. The summed E-state index contributed by atoms with van der Waals surface area (Å²) in [4.78, 5) is 4.63. The SMILES string of the molecule is CCc1cccc(C2C(C#N)=C(C3CCNCC3)N=C(N)/C2=C\N)c1C. The van der Waals surface area contributed by atoms with Crippen molar-refractivity contribution < 1.29 is 0 Å². The maximum atomic E-state index is 10.0. The van der Waals surface area contributed by atoms with Crippen LogP contribution in [0, 0.1) is 24.2 Å². The topological polar surface area (TPSA) is 100 Å². The summed E-state index contributed by atoms with van der Waals surface area (Å²) in [6, 6.07) is 8.72. The first-order chi connectivity index (χ1) is 12.6. The van der Waals surface area contributed by atoms with E-state index < -0.39 is 0 Å². The molecule has 0 radical (unpaired) electrons. The lowest BCUT2D eigenvalue weighted by molar-refractivity contribution is 0.414. The number of allylic oxidation sites excluding steroid dienone is 2. The van der Waals surface area contributed by atoms with Crippen molar-refractivity contribution in [2.75, 3.05) is 13.1 Å². The molecule has 0 saturated carbocycles. The minimum atomic E-state index is -0.237. The highest BCUT2D eigenvalue weighted by molar-refractivity contribution is 6.01. The molecule has 1 unspecified atom stereocenters. The van der Waals surface area contributed by atoms with Crippen LogP contribution in [0.1, 0.15) is 42.4 Å². The van der Waals surface area contributed by atoms with Gasteiger partial charge in [0, 0.05) is 17.7 Å². The van der Waals surface area contributed by atoms with Crippen molar-refractivity contribution in [3.63, 3.8) is 0 Å². The summed E-state index contributed by atoms with van der Waals surface area (Å²) in [6.45, 7) is 6.14. The minimum Gasteiger partial charge on any atom is -0.404 e. The highest BCUT2D eigenvalue weighted by Crippen LogP contribution is 2.42. The van der Waals surface area contributed by atoms with Crippen LogP contribution < -0.4 is 16.8 Å². The van der Waals surface area contributed by atoms with Crippen LogP contribution in [-0.4, -0.2) is 18.9 Å². The number of aliphatic imine (C=N–C) groups is 1. The molecule has 1 aromatic carbocycles. The van der Waals surface area contributed by atoms with Gasteiger partial charge in [-0.05, 0) is 56.0 Å². The largest absolute Gasteiger partial charge is 0.404 e. The molecule has 2 aliphatic rings. The molecule has 1 aromatic rings. The molecular weight excluding hydrogens is 322 g/mol. The van der Waals surface area contributed by atoms with Crippen LogP contribution in [0.3, 0.4) is 0 Å². The van der Waals surface area contributed by atoms with E-state index in [4.69, 9.17) is 11.5 Å². The lowest BCUT2D eigenvalue weighted by Crippen LogP contribution is -2.33. The Hall–Kier alpha value is -2.58. The average Bonchev–Trinajstić information content (AvgIpc) is 2.68. The molecule has 1 saturated heterocycles. The predicted molar refractivity (Wildman–Crippen MR) is 105 cm³/mol. The second-order valence-electron chi connectivity index (χ2n) is 6.97. The van der Waals surface area contributed by atoms with Gasteiger partial charge in [0.15, 0.2) is 0 Å². The van der Waals surface area contributed by atoms with Crippen LogP contribution in [0.4, 0.5) is 0 Å². The zero-order chi connectivity index (χ0) is 18.7. The molecule has 5 nitrogen and oxygen atoms in total. The Morgan fingerprint density at radius 2 is 2.08 bits per heavy atom. The number of amidine groups is 1. The van der Waals surface area contributed by atoms with Crippen LogP contribution in [0.15, 0.2) is 46.2 Å². The van der Waals surface area contributed by atoms with Crippen molar-refractivity contribution in [2.24, 2.45) is 22.4 Å². The molecule has 0 aliphatic carbocycles. The molecule has 136 valence electrons. The van der Waals surface area contributed by atoms with E-state index in [1.165, 1.54) is 17.3 Å². The molecule has 2 heterocycles. The molecule has 2 aliphatic heterocycles. The molecule has 1 fully saturated rings. The number of hydrogen-bond acceptors (Lipinski definition) is 5. The maximum absolute atomic E-state index is 10.0. The Bertz CT molecular complexity index is 819. The highest BCUT2D eigenvalue weighted by Gasteiger charge is 2.34. The molecule has 0 bridgehead atoms. The summed E-state index contributed by atoms with van der Waals surface area (Å²) in [5.41, 5.74) is 18.1. The van der Waals surface area contributed by atoms with Crippen molar-refractivity contribution in [3.05, 3.63) is 57.9 Å². The Morgan fingerprint density at radius 1 is 1.35 bits per heavy atom. The van der Waals surface area contributed by atoms with E-state index in [0.29, 0.717) is 11.4 Å². The normalized spacial score (nSPS) is 23.0. The summed E-state index contributed by atoms with van der Waals surface area (Å²) in [5, 5.41) is 13.4. The molecular formula is C21H27N5. The lowest BCUT2D eigenvalue weighted by atomic mass is 9.76. The number of nitriles is 1. The van der Waals surface area contributed by atoms with Gasteiger partial charge in [0.05, 0.1) is 23.3 Å². The Kier molecular flexibility index (Phi) is 5.43. The first-order valence-corrected chi connectivity index (χ1v) is 9.31. The van der Waals surface area contributed by atoms with Gasteiger partial charge in [-0.15, -0.1) is 0 Å². The number of nitrogens with one attached hydrogen (secondary N) is 1. The second kappa shape index (κ2) is 7.76. The number of piperidine rings is 1. The van der Waals surface area contributed by atoms with Crippen LogP contribution in [-0.2, 0) is 6.42 Å². The van der Waals surface area contributed by atoms with E-state index in [-0.39, 0.29) is 11.8 Å². The molecule has 0 spiro atoms. The van der Waals surface area contributed by atoms with Gasteiger partial charge in [0.25, 0.3) is 0 Å². The third-order valence-electron chi connectivity index (χ3n) is 5.62. The quantitative estimate of drug-likeness (QED) is 0.781. The van der Waals surface area contributed by atoms with Crippen molar-refractivity contribution in [1.82, 2.24) is 5.32 Å². The second-order valence-corrected chi connectivity index (χ2v) is 6.97. The molecule has 1 atom stereocenters. The van der Waals surface area contributed by atoms with E-state index >= 15 is 0 Å². The molecule has 26 heavy (non-hydrogen) atoms. The van der Waals surface area contributed by atoms with Gasteiger partial charge in [-0.25, -0.2) is 4.99 Å². The summed E-state index contributed by atoms with van der Waals surface area (Å²) in [6.07, 6.45) is 4.40. The van der Waals surface area contributed by atoms with Gasteiger partial charge in [0.2, 0.25) is 0 Å². The van der Waals surface area contributed by atoms with Gasteiger partial charge in [-0.3, -0.25) is 0 Å². The highest BCUT2D eigenvalue weighted by atomic mass is 14.9. The molecule has 0 amide bonds. The Balaban J connectivity index is 2.19. The summed E-state index contributed by atoms with van der Waals surface area (Å²) >= 11 is 0. The van der Waals surface area contributed by atoms with Gasteiger partial charge < -0.3 is 16.8 Å². The first kappa shape index (κ1) is 18.2. The van der Waals surface area contributed by atoms with E-state index in [0.717, 1.165) is 49.2 Å². The number of benzene rings is 1. The fourth-order valence-electron chi connectivity index (χ4n) is 4.14. The van der Waals surface area contributed by atoms with Gasteiger partial charge in [-0.1, -0.05) is 25.1 Å². The third-order valence-corrected chi connectivity index (χ3v) is 5.62. The fourth-order valence-corrected chi connectivity index (χ4v) is 4.14. The van der Waals surface area contributed by atoms with Crippen LogP contribution >= 0.6 is 0 Å². The van der Waals surface area contributed by atoms with Crippen LogP contribution in [0.25, 0.3) is 0 Å². The first-order valence-electron chi connectivity index (χ1n) is 9.31. The van der Waals surface area contributed by atoms with Gasteiger partial charge in [-0.2, -0.15) is 5.26 Å². The van der Waals surface area contributed by atoms with E-state index in [1.807, 2.05) is 0 Å². The number of hydrogen-bond donors (Lipinski definition) is 3. The number of nitrogens with zero attached hydrogens (tertiary/aromatic N) is 2. The maximum Gasteiger partial charge on any atom is 0.129 e. The molecule has 3 rings (SSSR count). The summed E-state index contributed by atoms with van der Waals surface area (Å²) in [5.74, 6) is 0.464. The standard InChI is InChI=1S/C21H27N5/c1-3-14-5-4-6-16(13(14)2)19-17(11-22)20(15-7-9-25-10-8-15)26-21(24)18(19)12-23/h4-6,12,15,19,25H,3,7-10,23H2,1-2H3,(H2,24,26)/b18-12-. The summed E-state index contributed by atoms with van der Waals surface area (Å²) in [7, 11) is 0. The zero-order valence-electron chi connectivity index (χ0n) is 15.5. The van der Waals surface area contributed by atoms with Crippen LogP contribution in [0.2, 0.25) is 0 Å². The average molecular weight is 349 g/mol. The minimum absolute atomic E-state index is 0.237. The zero-order valence-corrected chi connectivity index (χ0v) is 15.5. The van der Waals surface area contributed by atoms with Crippen molar-refractivity contribution in [1.29, 1.82) is 5.26 Å². The predicted octanol–water partition coefficient (Wildman–Crippen LogP) is 2.63. The number of nitrogens with two attached hydrogens (primary N) is 2. The van der Waals surface area contributed by atoms with Crippen molar-refractivity contribution >= 4 is 5.84 Å². The molecule has 5 N–H and O–H groups in total. The molecule has 5 heteroatoms. The number of rotatable bonds is 3. The van der Waals surface area contributed by atoms with Gasteiger partial charge >= 0.3 is 0 Å². The summed E-state index contributed by atoms with van der Waals surface area (Å²) < 4.78 is 0. The van der Waals surface area contributed by atoms with Crippen LogP contribution in [0.5, 0.6) is 0 Å². The van der Waals surface area contributed by atoms with Crippen molar-refractivity contribution in [3.8, 4) is 6.07 Å². The Morgan fingerprint density at radius 3 is 2.69 bits per heavy atom. The smallest absolute Gasteiger partial charge is 0.129 e. The fraction of sp³-hybridized carbons (Fsp3) is 0.429. The van der Waals surface area contributed by atoms with Gasteiger partial charge in [0.1, 0.15) is 5.84 Å². The Labute approximate surface area is 155 Å². The third kappa shape index (κ3) is 3.13. The van der Waals surface area contributed by atoms with E-state index in [9.17, 15) is 5.26 Å². The molecule has 0 aromatic heterocycles.